The molecule has 0 radical (unpaired) electrons. The fourth-order valence-corrected chi connectivity index (χ4v) is 3.94. The number of benzene rings is 1. The molecular weight excluding hydrogens is 381 g/mol. The minimum absolute atomic E-state index is 0.0254. The van der Waals surface area contributed by atoms with Gasteiger partial charge in [-0.25, -0.2) is 0 Å². The average molecular weight is 399 g/mol. The molecule has 1 N–H and O–H groups in total. The topological polar surface area (TPSA) is 57.6 Å². The summed E-state index contributed by atoms with van der Waals surface area (Å²) in [6.45, 7) is 3.33. The van der Waals surface area contributed by atoms with Crippen LogP contribution in [-0.2, 0) is 4.79 Å². The van der Waals surface area contributed by atoms with E-state index < -0.39 is 5.97 Å². The minimum atomic E-state index is -0.678. The van der Waals surface area contributed by atoms with Crippen molar-refractivity contribution in [2.75, 3.05) is 13.1 Å². The summed E-state index contributed by atoms with van der Waals surface area (Å²) < 4.78 is 0.971. The monoisotopic (exact) mass is 399 g/mol. The van der Waals surface area contributed by atoms with E-state index in [1.54, 1.807) is 0 Å². The van der Waals surface area contributed by atoms with Crippen LogP contribution in [0.1, 0.15) is 35.2 Å². The number of halogens is 1. The number of likely N-dealkylation sites (tertiary alicyclic amines) is 1. The number of carbonyl (C=O) groups is 2. The van der Waals surface area contributed by atoms with Crippen molar-refractivity contribution in [3.63, 3.8) is 0 Å². The Hall–Kier alpha value is -1.11. The van der Waals surface area contributed by atoms with Crippen molar-refractivity contribution >= 4 is 34.5 Å². The number of carbonyl (C=O) groups excluding carboxylic acids is 1. The highest BCUT2D eigenvalue weighted by Gasteiger charge is 2.59. The molecule has 2 aliphatic rings. The van der Waals surface area contributed by atoms with E-state index in [0.29, 0.717) is 13.1 Å². The quantitative estimate of drug-likeness (QED) is 0.779. The molecule has 3 rings (SSSR count). The number of hydrogen-bond donors (Lipinski definition) is 1. The molecule has 21 heavy (non-hydrogen) atoms. The molecule has 1 aliphatic heterocycles. The highest BCUT2D eigenvalue weighted by Crippen LogP contribution is 2.59. The van der Waals surface area contributed by atoms with Gasteiger partial charge >= 0.3 is 5.97 Å². The molecule has 1 heterocycles. The fraction of sp³-hybridized carbons (Fsp3) is 0.500. The third kappa shape index (κ3) is 2.67. The lowest BCUT2D eigenvalue weighted by Crippen LogP contribution is -2.40. The van der Waals surface area contributed by atoms with E-state index in [9.17, 15) is 9.59 Å². The standard InChI is InChI=1S/C16H18INO3/c1-10-2-3-13(17)11(8-10)14(19)18-6-4-16(5-7-18)9-12(16)15(20)21/h2-3,8,12H,4-7,9H2,1H3,(H,20,21). The van der Waals surface area contributed by atoms with Crippen molar-refractivity contribution < 1.29 is 14.7 Å². The van der Waals surface area contributed by atoms with Gasteiger partial charge in [0, 0.05) is 16.7 Å². The number of hydrogen-bond acceptors (Lipinski definition) is 2. The predicted octanol–water partition coefficient (Wildman–Crippen LogP) is 2.93. The van der Waals surface area contributed by atoms with Crippen LogP contribution in [0.3, 0.4) is 0 Å². The van der Waals surface area contributed by atoms with Gasteiger partial charge in [-0.2, -0.15) is 0 Å². The molecule has 0 aromatic heterocycles. The first-order chi connectivity index (χ1) is 9.93. The largest absolute Gasteiger partial charge is 0.481 e. The van der Waals surface area contributed by atoms with Gasteiger partial charge in [0.05, 0.1) is 11.5 Å². The Balaban J connectivity index is 1.69. The summed E-state index contributed by atoms with van der Waals surface area (Å²) in [7, 11) is 0. The number of nitrogens with zero attached hydrogens (tertiary/aromatic N) is 1. The first kappa shape index (κ1) is 14.8. The lowest BCUT2D eigenvalue weighted by molar-refractivity contribution is -0.139. The Labute approximate surface area is 137 Å². The maximum atomic E-state index is 12.6. The average Bonchev–Trinajstić information content (AvgIpc) is 3.16. The molecule has 1 atom stereocenters. The Morgan fingerprint density at radius 1 is 1.33 bits per heavy atom. The number of carboxylic acid groups (broad SMARTS) is 1. The number of carboxylic acids is 1. The lowest BCUT2D eigenvalue weighted by atomic mass is 9.90. The summed E-state index contributed by atoms with van der Waals surface area (Å²) >= 11 is 2.19. The van der Waals surface area contributed by atoms with Crippen LogP contribution in [0.15, 0.2) is 18.2 Å². The molecule has 1 saturated carbocycles. The van der Waals surface area contributed by atoms with E-state index in [-0.39, 0.29) is 17.2 Å². The van der Waals surface area contributed by atoms with E-state index >= 15 is 0 Å². The highest BCUT2D eigenvalue weighted by molar-refractivity contribution is 14.1. The third-order valence-corrected chi connectivity index (χ3v) is 5.83. The van der Waals surface area contributed by atoms with E-state index in [1.807, 2.05) is 30.0 Å². The van der Waals surface area contributed by atoms with E-state index in [4.69, 9.17) is 5.11 Å². The molecular formula is C16H18INO3. The van der Waals surface area contributed by atoms with Crippen molar-refractivity contribution in [1.82, 2.24) is 4.90 Å². The number of aliphatic carboxylic acids is 1. The van der Waals surface area contributed by atoms with Gasteiger partial charge in [-0.05, 0) is 66.3 Å². The van der Waals surface area contributed by atoms with Gasteiger partial charge in [-0.1, -0.05) is 11.6 Å². The summed E-state index contributed by atoms with van der Waals surface area (Å²) in [5, 5.41) is 9.11. The third-order valence-electron chi connectivity index (χ3n) is 4.89. The van der Waals surface area contributed by atoms with Gasteiger partial charge in [0.15, 0.2) is 0 Å². The van der Waals surface area contributed by atoms with Crippen LogP contribution in [0.2, 0.25) is 0 Å². The first-order valence-electron chi connectivity index (χ1n) is 7.21. The fourth-order valence-electron chi connectivity index (χ4n) is 3.38. The zero-order chi connectivity index (χ0) is 15.2. The Bertz CT molecular complexity index is 606. The van der Waals surface area contributed by atoms with E-state index in [1.165, 1.54) is 0 Å². The van der Waals surface area contributed by atoms with Gasteiger partial charge in [0.25, 0.3) is 5.91 Å². The molecule has 112 valence electrons. The molecule has 1 aromatic rings. The molecule has 1 amide bonds. The summed E-state index contributed by atoms with van der Waals surface area (Å²) in [4.78, 5) is 25.6. The molecule has 1 unspecified atom stereocenters. The van der Waals surface area contributed by atoms with Gasteiger partial charge in [0.1, 0.15) is 0 Å². The van der Waals surface area contributed by atoms with Crippen molar-refractivity contribution in [2.45, 2.75) is 26.2 Å². The lowest BCUT2D eigenvalue weighted by Gasteiger charge is -2.33. The maximum Gasteiger partial charge on any atom is 0.307 e. The summed E-state index contributed by atoms with van der Waals surface area (Å²) in [5.41, 5.74) is 1.82. The van der Waals surface area contributed by atoms with Crippen molar-refractivity contribution in [3.8, 4) is 0 Å². The van der Waals surface area contributed by atoms with Gasteiger partial charge < -0.3 is 10.0 Å². The minimum Gasteiger partial charge on any atom is -0.481 e. The van der Waals surface area contributed by atoms with Gasteiger partial charge in [0.2, 0.25) is 0 Å². The summed E-state index contributed by atoms with van der Waals surface area (Å²) in [6, 6.07) is 5.91. The van der Waals surface area contributed by atoms with Crippen LogP contribution >= 0.6 is 22.6 Å². The Morgan fingerprint density at radius 3 is 2.57 bits per heavy atom. The normalized spacial score (nSPS) is 23.1. The number of amides is 1. The van der Waals surface area contributed by atoms with Crippen LogP contribution in [-0.4, -0.2) is 35.0 Å². The molecule has 1 saturated heterocycles. The van der Waals surface area contributed by atoms with Crippen LogP contribution in [0.5, 0.6) is 0 Å². The summed E-state index contributed by atoms with van der Waals surface area (Å²) in [6.07, 6.45) is 2.42. The van der Waals surface area contributed by atoms with E-state index in [0.717, 1.165) is 34.0 Å². The molecule has 2 fully saturated rings. The SMILES string of the molecule is Cc1ccc(I)c(C(=O)N2CCC3(CC2)CC3C(=O)O)c1. The maximum absolute atomic E-state index is 12.6. The van der Waals surface area contributed by atoms with Crippen molar-refractivity contribution in [1.29, 1.82) is 0 Å². The summed E-state index contributed by atoms with van der Waals surface area (Å²) in [5.74, 6) is -0.789. The van der Waals surface area contributed by atoms with Crippen LogP contribution in [0.25, 0.3) is 0 Å². The Morgan fingerprint density at radius 2 is 2.00 bits per heavy atom. The predicted molar refractivity (Wildman–Crippen MR) is 87.2 cm³/mol. The molecule has 4 nitrogen and oxygen atoms in total. The molecule has 0 bridgehead atoms. The second-order valence-electron chi connectivity index (χ2n) is 6.23. The smallest absolute Gasteiger partial charge is 0.307 e. The van der Waals surface area contributed by atoms with Crippen molar-refractivity contribution in [3.05, 3.63) is 32.9 Å². The second kappa shape index (κ2) is 5.26. The van der Waals surface area contributed by atoms with Gasteiger partial charge in [-0.3, -0.25) is 9.59 Å². The van der Waals surface area contributed by atoms with Gasteiger partial charge in [-0.15, -0.1) is 0 Å². The zero-order valence-corrected chi connectivity index (χ0v) is 14.1. The molecule has 1 aliphatic carbocycles. The number of aryl methyl sites for hydroxylation is 1. The second-order valence-corrected chi connectivity index (χ2v) is 7.40. The van der Waals surface area contributed by atoms with Crippen molar-refractivity contribution in [2.24, 2.45) is 11.3 Å². The Kier molecular flexibility index (Phi) is 3.71. The van der Waals surface area contributed by atoms with Crippen LogP contribution < -0.4 is 0 Å². The zero-order valence-electron chi connectivity index (χ0n) is 11.9. The first-order valence-corrected chi connectivity index (χ1v) is 8.29. The molecule has 1 aromatic carbocycles. The molecule has 1 spiro atoms. The van der Waals surface area contributed by atoms with Crippen LogP contribution in [0.4, 0.5) is 0 Å². The molecule has 5 heteroatoms. The number of rotatable bonds is 2. The number of piperidine rings is 1. The van der Waals surface area contributed by atoms with E-state index in [2.05, 4.69) is 22.6 Å². The highest BCUT2D eigenvalue weighted by atomic mass is 127. The van der Waals surface area contributed by atoms with Crippen LogP contribution in [0, 0.1) is 21.8 Å².